The summed E-state index contributed by atoms with van der Waals surface area (Å²) in [7, 11) is 4.89. The van der Waals surface area contributed by atoms with Crippen molar-refractivity contribution in [3.8, 4) is 11.5 Å². The lowest BCUT2D eigenvalue weighted by Crippen LogP contribution is -1.94. The van der Waals surface area contributed by atoms with E-state index in [-0.39, 0.29) is 0 Å². The van der Waals surface area contributed by atoms with Gasteiger partial charge in [-0.1, -0.05) is 0 Å². The lowest BCUT2D eigenvalue weighted by Gasteiger charge is -2.12. The Morgan fingerprint density at radius 1 is 1.13 bits per heavy atom. The molecule has 0 N–H and O–H groups in total. The van der Waals surface area contributed by atoms with Gasteiger partial charge in [-0.15, -0.1) is 0 Å². The van der Waals surface area contributed by atoms with Gasteiger partial charge in [-0.3, -0.25) is 0 Å². The largest absolute Gasteiger partial charge is 0.497 e. The molecular formula is C12H16O3. The van der Waals surface area contributed by atoms with Gasteiger partial charge in [-0.2, -0.15) is 0 Å². The Labute approximate surface area is 90.3 Å². The minimum absolute atomic E-state index is 0.740. The average Bonchev–Trinajstić information content (AvgIpc) is 2.31. The maximum Gasteiger partial charge on any atom is 0.133 e. The minimum Gasteiger partial charge on any atom is -0.497 e. The monoisotopic (exact) mass is 208 g/mol. The van der Waals surface area contributed by atoms with Gasteiger partial charge in [0.2, 0.25) is 0 Å². The number of rotatable bonds is 4. The summed E-state index contributed by atoms with van der Waals surface area (Å²) in [5, 5.41) is 0. The molecule has 3 heteroatoms. The van der Waals surface area contributed by atoms with Crippen molar-refractivity contribution >= 4 is 5.76 Å². The van der Waals surface area contributed by atoms with E-state index in [1.54, 1.807) is 21.3 Å². The highest BCUT2D eigenvalue weighted by atomic mass is 16.5. The molecule has 0 aromatic heterocycles. The highest BCUT2D eigenvalue weighted by Crippen LogP contribution is 2.30. The quantitative estimate of drug-likeness (QED) is 0.712. The third kappa shape index (κ3) is 2.43. The van der Waals surface area contributed by atoms with Crippen molar-refractivity contribution in [3.63, 3.8) is 0 Å². The van der Waals surface area contributed by atoms with Crippen molar-refractivity contribution in [3.05, 3.63) is 29.8 Å². The number of methoxy groups -OCH3 is 3. The number of allylic oxidation sites excluding steroid dienone is 1. The van der Waals surface area contributed by atoms with Gasteiger partial charge in [-0.05, 0) is 25.1 Å². The van der Waals surface area contributed by atoms with E-state index in [4.69, 9.17) is 14.2 Å². The van der Waals surface area contributed by atoms with E-state index >= 15 is 0 Å². The van der Waals surface area contributed by atoms with Crippen molar-refractivity contribution in [1.82, 2.24) is 0 Å². The zero-order valence-electron chi connectivity index (χ0n) is 9.53. The Morgan fingerprint density at radius 3 is 2.33 bits per heavy atom. The minimum atomic E-state index is 0.740. The van der Waals surface area contributed by atoms with Crippen LogP contribution in [0.15, 0.2) is 24.3 Å². The van der Waals surface area contributed by atoms with Crippen LogP contribution < -0.4 is 9.47 Å². The fraction of sp³-hybridized carbons (Fsp3) is 0.333. The molecule has 0 aliphatic carbocycles. The van der Waals surface area contributed by atoms with Crippen molar-refractivity contribution in [2.45, 2.75) is 6.92 Å². The first-order valence-corrected chi connectivity index (χ1v) is 4.69. The number of benzene rings is 1. The highest BCUT2D eigenvalue weighted by molar-refractivity contribution is 5.66. The molecule has 0 radical (unpaired) electrons. The fourth-order valence-corrected chi connectivity index (χ4v) is 1.39. The van der Waals surface area contributed by atoms with E-state index in [1.165, 1.54) is 0 Å². The van der Waals surface area contributed by atoms with E-state index in [1.807, 2.05) is 31.2 Å². The molecule has 0 spiro atoms. The second-order valence-electron chi connectivity index (χ2n) is 2.92. The summed E-state index contributed by atoms with van der Waals surface area (Å²) in [5.74, 6) is 2.29. The summed E-state index contributed by atoms with van der Waals surface area (Å²) in [6.45, 7) is 1.92. The van der Waals surface area contributed by atoms with Crippen LogP contribution in [0.4, 0.5) is 0 Å². The second kappa shape index (κ2) is 5.29. The van der Waals surface area contributed by atoms with Crippen LogP contribution in [0, 0.1) is 0 Å². The Balaban J connectivity index is 3.18. The van der Waals surface area contributed by atoms with Crippen LogP contribution in [0.3, 0.4) is 0 Å². The lowest BCUT2D eigenvalue weighted by molar-refractivity contribution is 0.359. The number of hydrogen-bond donors (Lipinski definition) is 0. The van der Waals surface area contributed by atoms with Gasteiger partial charge in [0.05, 0.1) is 26.9 Å². The van der Waals surface area contributed by atoms with Gasteiger partial charge in [0.15, 0.2) is 0 Å². The van der Waals surface area contributed by atoms with Crippen LogP contribution >= 0.6 is 0 Å². The molecule has 0 saturated heterocycles. The Kier molecular flexibility index (Phi) is 4.03. The molecule has 15 heavy (non-hydrogen) atoms. The first-order chi connectivity index (χ1) is 7.26. The van der Waals surface area contributed by atoms with E-state index in [2.05, 4.69) is 0 Å². The molecule has 0 saturated carbocycles. The summed E-state index contributed by atoms with van der Waals surface area (Å²) >= 11 is 0. The predicted molar refractivity (Wildman–Crippen MR) is 60.2 cm³/mol. The Hall–Kier alpha value is -1.64. The molecule has 0 fully saturated rings. The maximum atomic E-state index is 5.27. The summed E-state index contributed by atoms with van der Waals surface area (Å²) in [6, 6.07) is 5.62. The fourth-order valence-electron chi connectivity index (χ4n) is 1.39. The van der Waals surface area contributed by atoms with Crippen LogP contribution in [0.1, 0.15) is 12.5 Å². The zero-order chi connectivity index (χ0) is 11.3. The summed E-state index contributed by atoms with van der Waals surface area (Å²) in [6.07, 6.45) is 1.89. The third-order valence-electron chi connectivity index (χ3n) is 2.16. The lowest BCUT2D eigenvalue weighted by atomic mass is 10.1. The third-order valence-corrected chi connectivity index (χ3v) is 2.16. The smallest absolute Gasteiger partial charge is 0.133 e. The molecule has 0 unspecified atom stereocenters. The number of hydrogen-bond acceptors (Lipinski definition) is 3. The van der Waals surface area contributed by atoms with Gasteiger partial charge in [0.25, 0.3) is 0 Å². The van der Waals surface area contributed by atoms with Gasteiger partial charge < -0.3 is 14.2 Å². The molecule has 82 valence electrons. The molecule has 3 nitrogen and oxygen atoms in total. The van der Waals surface area contributed by atoms with Crippen LogP contribution in [0.5, 0.6) is 11.5 Å². The molecular weight excluding hydrogens is 192 g/mol. The van der Waals surface area contributed by atoms with Crippen molar-refractivity contribution in [2.24, 2.45) is 0 Å². The second-order valence-corrected chi connectivity index (χ2v) is 2.92. The average molecular weight is 208 g/mol. The predicted octanol–water partition coefficient (Wildman–Crippen LogP) is 2.71. The Bertz CT molecular complexity index is 356. The SMILES string of the molecule is CC=C(OC)c1ccc(OC)cc1OC. The summed E-state index contributed by atoms with van der Waals surface area (Å²) in [4.78, 5) is 0. The molecule has 0 aliphatic heterocycles. The first kappa shape index (κ1) is 11.4. The summed E-state index contributed by atoms with van der Waals surface area (Å²) < 4.78 is 15.6. The van der Waals surface area contributed by atoms with E-state index in [0.29, 0.717) is 0 Å². The standard InChI is InChI=1S/C12H16O3/c1-5-11(14-3)10-7-6-9(13-2)8-12(10)15-4/h5-8H,1-4H3. The Morgan fingerprint density at radius 2 is 1.87 bits per heavy atom. The summed E-state index contributed by atoms with van der Waals surface area (Å²) in [5.41, 5.74) is 0.920. The normalized spacial score (nSPS) is 11.1. The molecule has 0 atom stereocenters. The van der Waals surface area contributed by atoms with Crippen molar-refractivity contribution in [1.29, 1.82) is 0 Å². The van der Waals surface area contributed by atoms with Crippen LogP contribution in [-0.4, -0.2) is 21.3 Å². The number of ether oxygens (including phenoxy) is 3. The molecule has 1 rings (SSSR count). The van der Waals surface area contributed by atoms with Crippen LogP contribution in [0.2, 0.25) is 0 Å². The van der Waals surface area contributed by atoms with Crippen molar-refractivity contribution < 1.29 is 14.2 Å². The highest BCUT2D eigenvalue weighted by Gasteiger charge is 2.09. The molecule has 0 aliphatic rings. The van der Waals surface area contributed by atoms with Crippen LogP contribution in [-0.2, 0) is 4.74 Å². The zero-order valence-corrected chi connectivity index (χ0v) is 9.53. The van der Waals surface area contributed by atoms with E-state index in [0.717, 1.165) is 22.8 Å². The van der Waals surface area contributed by atoms with Gasteiger partial charge in [0, 0.05) is 6.07 Å². The molecule has 0 bridgehead atoms. The van der Waals surface area contributed by atoms with Crippen LogP contribution in [0.25, 0.3) is 5.76 Å². The van der Waals surface area contributed by atoms with Gasteiger partial charge in [-0.25, -0.2) is 0 Å². The van der Waals surface area contributed by atoms with E-state index in [9.17, 15) is 0 Å². The first-order valence-electron chi connectivity index (χ1n) is 4.69. The molecule has 1 aromatic rings. The molecule has 0 heterocycles. The van der Waals surface area contributed by atoms with E-state index < -0.39 is 0 Å². The van der Waals surface area contributed by atoms with Crippen molar-refractivity contribution in [2.75, 3.05) is 21.3 Å². The topological polar surface area (TPSA) is 27.7 Å². The van der Waals surface area contributed by atoms with Gasteiger partial charge >= 0.3 is 0 Å². The van der Waals surface area contributed by atoms with Gasteiger partial charge in [0.1, 0.15) is 17.3 Å². The molecule has 1 aromatic carbocycles. The maximum absolute atomic E-state index is 5.27. The molecule has 0 amide bonds.